The van der Waals surface area contributed by atoms with Crippen molar-refractivity contribution >= 4 is 12.4 Å². The maximum atomic E-state index is 11.3. The van der Waals surface area contributed by atoms with E-state index in [0.717, 1.165) is 5.56 Å². The van der Waals surface area contributed by atoms with Crippen LogP contribution in [-0.2, 0) is 9.59 Å². The molecule has 0 spiro atoms. The van der Waals surface area contributed by atoms with Gasteiger partial charge in [0.1, 0.15) is 5.75 Å². The summed E-state index contributed by atoms with van der Waals surface area (Å²) in [6.45, 7) is 3.91. The van der Waals surface area contributed by atoms with Gasteiger partial charge >= 0.3 is 5.97 Å². The van der Waals surface area contributed by atoms with Crippen LogP contribution in [0.15, 0.2) is 18.2 Å². The lowest BCUT2D eigenvalue weighted by atomic mass is 10.0. The molecule has 0 saturated heterocycles. The number of methoxy groups -OCH3 is 1. The molecule has 1 aromatic rings. The molecule has 5 nitrogen and oxygen atoms in total. The Labute approximate surface area is 106 Å². The molecule has 0 fully saturated rings. The standard InChI is InChI=1S/C13H17NO4/c1-4-14(8-15)12(13(16)17)10-5-6-11(18-3)9(2)7-10/h5-8,12H,4H2,1-3H3,(H,16,17). The van der Waals surface area contributed by atoms with Crippen LogP contribution in [0.1, 0.15) is 24.1 Å². The van der Waals surface area contributed by atoms with Crippen molar-refractivity contribution in [1.29, 1.82) is 0 Å². The van der Waals surface area contributed by atoms with Crippen molar-refractivity contribution in [1.82, 2.24) is 4.90 Å². The molecule has 1 rings (SSSR count). The maximum Gasteiger partial charge on any atom is 0.331 e. The van der Waals surface area contributed by atoms with Crippen LogP contribution in [0.5, 0.6) is 5.75 Å². The minimum atomic E-state index is -1.05. The summed E-state index contributed by atoms with van der Waals surface area (Å²) in [6.07, 6.45) is 0.554. The van der Waals surface area contributed by atoms with Crippen molar-refractivity contribution in [3.63, 3.8) is 0 Å². The van der Waals surface area contributed by atoms with Gasteiger partial charge in [-0.1, -0.05) is 6.07 Å². The third-order valence-corrected chi connectivity index (χ3v) is 2.80. The highest BCUT2D eigenvalue weighted by atomic mass is 16.5. The first-order chi connectivity index (χ1) is 8.54. The van der Waals surface area contributed by atoms with Crippen molar-refractivity contribution in [2.45, 2.75) is 19.9 Å². The van der Waals surface area contributed by atoms with Crippen LogP contribution in [0.4, 0.5) is 0 Å². The Morgan fingerprint density at radius 1 is 1.56 bits per heavy atom. The predicted octanol–water partition coefficient (Wildman–Crippen LogP) is 1.61. The molecule has 98 valence electrons. The topological polar surface area (TPSA) is 66.8 Å². The first-order valence-corrected chi connectivity index (χ1v) is 5.63. The number of carboxylic acids is 1. The lowest BCUT2D eigenvalue weighted by Crippen LogP contribution is -2.32. The lowest BCUT2D eigenvalue weighted by molar-refractivity contribution is -0.146. The molecular formula is C13H17NO4. The van der Waals surface area contributed by atoms with E-state index in [0.29, 0.717) is 24.3 Å². The average Bonchev–Trinajstić information content (AvgIpc) is 2.35. The Morgan fingerprint density at radius 3 is 2.61 bits per heavy atom. The van der Waals surface area contributed by atoms with Crippen molar-refractivity contribution < 1.29 is 19.4 Å². The Balaban J connectivity index is 3.18. The zero-order valence-electron chi connectivity index (χ0n) is 10.7. The molecular weight excluding hydrogens is 234 g/mol. The van der Waals surface area contributed by atoms with Crippen LogP contribution in [0.25, 0.3) is 0 Å². The number of hydrogen-bond acceptors (Lipinski definition) is 3. The summed E-state index contributed by atoms with van der Waals surface area (Å²) in [5.41, 5.74) is 1.40. The molecule has 1 unspecified atom stereocenters. The normalized spacial score (nSPS) is 11.7. The fourth-order valence-electron chi connectivity index (χ4n) is 1.87. The van der Waals surface area contributed by atoms with E-state index < -0.39 is 12.0 Å². The number of rotatable bonds is 6. The molecule has 1 N–H and O–H groups in total. The fourth-order valence-corrected chi connectivity index (χ4v) is 1.87. The molecule has 1 amide bonds. The Bertz CT molecular complexity index is 445. The number of benzene rings is 1. The van der Waals surface area contributed by atoms with Gasteiger partial charge in [-0.25, -0.2) is 4.79 Å². The zero-order chi connectivity index (χ0) is 13.7. The van der Waals surface area contributed by atoms with E-state index in [-0.39, 0.29) is 0 Å². The minimum absolute atomic E-state index is 0.339. The summed E-state index contributed by atoms with van der Waals surface area (Å²) in [6, 6.07) is 4.14. The molecule has 18 heavy (non-hydrogen) atoms. The number of likely N-dealkylation sites (N-methyl/N-ethyl adjacent to an activating group) is 1. The van der Waals surface area contributed by atoms with Crippen molar-refractivity contribution in [3.8, 4) is 5.75 Å². The Kier molecular flexibility index (Phi) is 4.71. The largest absolute Gasteiger partial charge is 0.496 e. The summed E-state index contributed by atoms with van der Waals surface area (Å²) in [5.74, 6) is -0.356. The lowest BCUT2D eigenvalue weighted by Gasteiger charge is -2.24. The van der Waals surface area contributed by atoms with E-state index in [9.17, 15) is 14.7 Å². The SMILES string of the molecule is CCN(C=O)C(C(=O)O)c1ccc(OC)c(C)c1. The van der Waals surface area contributed by atoms with Gasteiger partial charge in [-0.2, -0.15) is 0 Å². The van der Waals surface area contributed by atoms with Crippen molar-refractivity contribution in [3.05, 3.63) is 29.3 Å². The molecule has 0 aliphatic rings. The molecule has 0 aliphatic heterocycles. The predicted molar refractivity (Wildman–Crippen MR) is 66.6 cm³/mol. The number of aliphatic carboxylic acids is 1. The Morgan fingerprint density at radius 2 is 2.22 bits per heavy atom. The van der Waals surface area contributed by atoms with Gasteiger partial charge in [0.15, 0.2) is 6.04 Å². The van der Waals surface area contributed by atoms with Gasteiger partial charge in [0.25, 0.3) is 0 Å². The summed E-state index contributed by atoms with van der Waals surface area (Å²) < 4.78 is 5.12. The second kappa shape index (κ2) is 6.05. The highest BCUT2D eigenvalue weighted by molar-refractivity contribution is 5.78. The third kappa shape index (κ3) is 2.80. The molecule has 0 aromatic heterocycles. The average molecular weight is 251 g/mol. The maximum absolute atomic E-state index is 11.3. The summed E-state index contributed by atoms with van der Waals surface area (Å²) >= 11 is 0. The van der Waals surface area contributed by atoms with E-state index in [1.54, 1.807) is 32.2 Å². The van der Waals surface area contributed by atoms with Gasteiger partial charge in [-0.15, -0.1) is 0 Å². The van der Waals surface area contributed by atoms with E-state index in [1.165, 1.54) is 4.90 Å². The van der Waals surface area contributed by atoms with Crippen LogP contribution in [0.3, 0.4) is 0 Å². The van der Waals surface area contributed by atoms with Gasteiger partial charge in [0.05, 0.1) is 7.11 Å². The monoisotopic (exact) mass is 251 g/mol. The minimum Gasteiger partial charge on any atom is -0.496 e. The van der Waals surface area contributed by atoms with E-state index in [4.69, 9.17) is 4.74 Å². The molecule has 0 bridgehead atoms. The molecule has 5 heteroatoms. The molecule has 0 heterocycles. The number of carboxylic acid groups (broad SMARTS) is 1. The highest BCUT2D eigenvalue weighted by Gasteiger charge is 2.25. The summed E-state index contributed by atoms with van der Waals surface area (Å²) in [7, 11) is 1.56. The van der Waals surface area contributed by atoms with E-state index in [1.807, 2.05) is 6.92 Å². The number of nitrogens with zero attached hydrogens (tertiary/aromatic N) is 1. The van der Waals surface area contributed by atoms with Gasteiger partial charge in [0.2, 0.25) is 6.41 Å². The van der Waals surface area contributed by atoms with Gasteiger partial charge in [0, 0.05) is 6.54 Å². The number of carbonyl (C=O) groups is 2. The van der Waals surface area contributed by atoms with Crippen LogP contribution in [0.2, 0.25) is 0 Å². The molecule has 0 radical (unpaired) electrons. The molecule has 0 saturated carbocycles. The molecule has 1 aromatic carbocycles. The van der Waals surface area contributed by atoms with Crippen LogP contribution in [0, 0.1) is 6.92 Å². The number of aryl methyl sites for hydroxylation is 1. The Hall–Kier alpha value is -2.04. The van der Waals surface area contributed by atoms with E-state index in [2.05, 4.69) is 0 Å². The van der Waals surface area contributed by atoms with Crippen molar-refractivity contribution in [2.24, 2.45) is 0 Å². The second-order valence-corrected chi connectivity index (χ2v) is 3.91. The number of carbonyl (C=O) groups excluding carboxylic acids is 1. The fraction of sp³-hybridized carbons (Fsp3) is 0.385. The number of hydrogen-bond donors (Lipinski definition) is 1. The quantitative estimate of drug-likeness (QED) is 0.780. The van der Waals surface area contributed by atoms with E-state index >= 15 is 0 Å². The van der Waals surface area contributed by atoms with Crippen LogP contribution >= 0.6 is 0 Å². The molecule has 0 aliphatic carbocycles. The number of amides is 1. The first kappa shape index (κ1) is 14.0. The summed E-state index contributed by atoms with van der Waals surface area (Å²) in [5, 5.41) is 9.24. The highest BCUT2D eigenvalue weighted by Crippen LogP contribution is 2.25. The first-order valence-electron chi connectivity index (χ1n) is 5.63. The second-order valence-electron chi connectivity index (χ2n) is 3.91. The van der Waals surface area contributed by atoms with Crippen LogP contribution < -0.4 is 4.74 Å². The van der Waals surface area contributed by atoms with Gasteiger partial charge < -0.3 is 14.7 Å². The van der Waals surface area contributed by atoms with Crippen molar-refractivity contribution in [2.75, 3.05) is 13.7 Å². The third-order valence-electron chi connectivity index (χ3n) is 2.80. The van der Waals surface area contributed by atoms with Gasteiger partial charge in [-0.05, 0) is 37.1 Å². The smallest absolute Gasteiger partial charge is 0.331 e. The molecule has 1 atom stereocenters. The zero-order valence-corrected chi connectivity index (χ0v) is 10.7. The number of ether oxygens (including phenoxy) is 1. The van der Waals surface area contributed by atoms with Gasteiger partial charge in [-0.3, -0.25) is 4.79 Å². The summed E-state index contributed by atoms with van der Waals surface area (Å²) in [4.78, 5) is 23.4. The van der Waals surface area contributed by atoms with Crippen LogP contribution in [-0.4, -0.2) is 36.0 Å².